The third kappa shape index (κ3) is 14.4. The van der Waals surface area contributed by atoms with E-state index in [9.17, 15) is 0 Å². The first-order valence-electron chi connectivity index (χ1n) is 16.5. The molecular weight excluding hydrogens is 498 g/mol. The van der Waals surface area contributed by atoms with Gasteiger partial charge in [-0.2, -0.15) is 0 Å². The molecule has 240 valence electrons. The topological polar surface area (TPSA) is 55.0 Å². The zero-order chi connectivity index (χ0) is 31.2. The summed E-state index contributed by atoms with van der Waals surface area (Å²) in [5, 5.41) is 6.87. The van der Waals surface area contributed by atoms with E-state index in [1.165, 1.54) is 30.5 Å². The van der Waals surface area contributed by atoms with Gasteiger partial charge in [-0.25, -0.2) is 0 Å². The summed E-state index contributed by atoms with van der Waals surface area (Å²) in [5.74, 6) is 0.649. The highest BCUT2D eigenvalue weighted by Crippen LogP contribution is 2.40. The Bertz CT molecular complexity index is 645. The number of rotatable bonds is 7. The second-order valence-corrected chi connectivity index (χ2v) is 11.3. The van der Waals surface area contributed by atoms with Crippen LogP contribution in [-0.4, -0.2) is 88.8 Å². The predicted molar refractivity (Wildman–Crippen MR) is 176 cm³/mol. The molecule has 0 aromatic heterocycles. The van der Waals surface area contributed by atoms with Crippen molar-refractivity contribution in [1.82, 2.24) is 15.5 Å². The predicted octanol–water partition coefficient (Wildman–Crippen LogP) is 7.10. The standard InChI is InChI=1S/C11H21NO.C10H17NO.C7H15NO.3C2H6/c1-5-13-8-11-10(9(2)3)6-7-12(11)4;1-9(2,3)8-4-5-11-10(8)6-12-7-10;1-2-9-6-7-4-3-5-8-7;3*1-2/h6,9,11H,5,7-8H2,1-4H3;4,11H,5-7H2,1-3H3;7-8H,2-6H2,1H3;3*1-2H3. The Kier molecular flexibility index (Phi) is 24.6. The molecule has 6 heteroatoms. The molecule has 0 aliphatic carbocycles. The molecule has 4 heterocycles. The zero-order valence-electron chi connectivity index (χ0n) is 29.3. The van der Waals surface area contributed by atoms with Crippen LogP contribution in [0.1, 0.15) is 103 Å². The van der Waals surface area contributed by atoms with Crippen LogP contribution in [-0.2, 0) is 14.2 Å². The first kappa shape index (κ1) is 41.4. The van der Waals surface area contributed by atoms with Crippen LogP contribution < -0.4 is 10.6 Å². The molecule has 6 nitrogen and oxygen atoms in total. The maximum absolute atomic E-state index is 5.49. The summed E-state index contributed by atoms with van der Waals surface area (Å²) >= 11 is 0. The summed E-state index contributed by atoms with van der Waals surface area (Å²) in [6.07, 6.45) is 7.27. The van der Waals surface area contributed by atoms with Crippen LogP contribution >= 0.6 is 0 Å². The first-order chi connectivity index (χ1) is 19.1. The minimum atomic E-state index is 0.207. The highest BCUT2D eigenvalue weighted by Gasteiger charge is 2.47. The number of hydrogen-bond donors (Lipinski definition) is 2. The third-order valence-corrected chi connectivity index (χ3v) is 7.13. The van der Waals surface area contributed by atoms with Gasteiger partial charge < -0.3 is 24.8 Å². The highest BCUT2D eigenvalue weighted by atomic mass is 16.5. The van der Waals surface area contributed by atoms with Crippen LogP contribution in [0.4, 0.5) is 0 Å². The number of likely N-dealkylation sites (N-methyl/N-ethyl adjacent to an activating group) is 1. The molecule has 0 aromatic carbocycles. The van der Waals surface area contributed by atoms with E-state index in [2.05, 4.69) is 69.4 Å². The van der Waals surface area contributed by atoms with Gasteiger partial charge >= 0.3 is 0 Å². The fraction of sp³-hybridized carbons (Fsp3) is 0.882. The second-order valence-electron chi connectivity index (χ2n) is 11.3. The lowest BCUT2D eigenvalue weighted by Gasteiger charge is -2.45. The lowest BCUT2D eigenvalue weighted by molar-refractivity contribution is -0.0546. The van der Waals surface area contributed by atoms with E-state index in [0.29, 0.717) is 18.0 Å². The van der Waals surface area contributed by atoms with E-state index in [1.807, 2.05) is 55.4 Å². The van der Waals surface area contributed by atoms with Gasteiger partial charge in [-0.3, -0.25) is 4.90 Å². The Balaban J connectivity index is 0. The van der Waals surface area contributed by atoms with Gasteiger partial charge in [-0.05, 0) is 57.2 Å². The summed E-state index contributed by atoms with van der Waals surface area (Å²) in [7, 11) is 2.16. The van der Waals surface area contributed by atoms with Gasteiger partial charge in [0.25, 0.3) is 0 Å². The van der Waals surface area contributed by atoms with Gasteiger partial charge in [0.1, 0.15) is 0 Å². The lowest BCUT2D eigenvalue weighted by atomic mass is 9.74. The Hall–Kier alpha value is -0.760. The molecule has 4 rings (SSSR count). The highest BCUT2D eigenvalue weighted by molar-refractivity contribution is 5.33. The molecule has 2 fully saturated rings. The van der Waals surface area contributed by atoms with Gasteiger partial charge in [0.2, 0.25) is 0 Å². The monoisotopic (exact) mass is 570 g/mol. The van der Waals surface area contributed by atoms with E-state index in [-0.39, 0.29) is 11.0 Å². The van der Waals surface area contributed by atoms with Gasteiger partial charge in [-0.15, -0.1) is 0 Å². The minimum Gasteiger partial charge on any atom is -0.380 e. The number of hydrogen-bond acceptors (Lipinski definition) is 6. The minimum absolute atomic E-state index is 0.207. The Morgan fingerprint density at radius 3 is 1.95 bits per heavy atom. The van der Waals surface area contributed by atoms with E-state index in [4.69, 9.17) is 14.2 Å². The lowest BCUT2D eigenvalue weighted by Crippen LogP contribution is -2.60. The van der Waals surface area contributed by atoms with Crippen LogP contribution in [0.15, 0.2) is 23.3 Å². The molecule has 2 N–H and O–H groups in total. The SMILES string of the molecule is CC.CC.CC.CC(C)(C)C1=CCNC12COC2.CCOCC1C(C(C)C)=CCN1C.CCOCC1CCCN1. The van der Waals surface area contributed by atoms with E-state index < -0.39 is 0 Å². The van der Waals surface area contributed by atoms with Crippen molar-refractivity contribution in [1.29, 1.82) is 0 Å². The molecule has 0 aromatic rings. The average molecular weight is 570 g/mol. The molecule has 0 radical (unpaired) electrons. The van der Waals surface area contributed by atoms with Gasteiger partial charge in [-0.1, -0.05) is 93.9 Å². The normalized spacial score (nSPS) is 22.5. The van der Waals surface area contributed by atoms with Crippen LogP contribution in [0.5, 0.6) is 0 Å². The van der Waals surface area contributed by atoms with Crippen molar-refractivity contribution in [2.24, 2.45) is 11.3 Å². The molecule has 1 spiro atoms. The fourth-order valence-electron chi connectivity index (χ4n) is 5.23. The molecule has 0 saturated carbocycles. The Morgan fingerprint density at radius 2 is 1.55 bits per heavy atom. The molecule has 2 unspecified atom stereocenters. The maximum atomic E-state index is 5.49. The molecule has 2 saturated heterocycles. The van der Waals surface area contributed by atoms with E-state index in [1.54, 1.807) is 0 Å². The van der Waals surface area contributed by atoms with Gasteiger partial charge in [0.05, 0.1) is 38.0 Å². The maximum Gasteiger partial charge on any atom is 0.0876 e. The number of nitrogens with zero attached hydrogens (tertiary/aromatic N) is 1. The Morgan fingerprint density at radius 1 is 0.975 bits per heavy atom. The molecule has 40 heavy (non-hydrogen) atoms. The molecule has 0 bridgehead atoms. The largest absolute Gasteiger partial charge is 0.380 e. The fourth-order valence-corrected chi connectivity index (χ4v) is 5.23. The van der Waals surface area contributed by atoms with Crippen molar-refractivity contribution in [2.45, 2.75) is 120 Å². The summed E-state index contributed by atoms with van der Waals surface area (Å²) in [5.41, 5.74) is 3.56. The van der Waals surface area contributed by atoms with Crippen molar-refractivity contribution in [3.63, 3.8) is 0 Å². The van der Waals surface area contributed by atoms with Crippen molar-refractivity contribution >= 4 is 0 Å². The quantitative estimate of drug-likeness (QED) is 0.319. The smallest absolute Gasteiger partial charge is 0.0876 e. The summed E-state index contributed by atoms with van der Waals surface area (Å²) < 4.78 is 16.0. The molecule has 0 amide bonds. The first-order valence-corrected chi connectivity index (χ1v) is 16.5. The van der Waals surface area contributed by atoms with Gasteiger partial charge in [0, 0.05) is 32.3 Å². The summed E-state index contributed by atoms with van der Waals surface area (Å²) in [4.78, 5) is 2.35. The third-order valence-electron chi connectivity index (χ3n) is 7.13. The number of nitrogens with one attached hydrogen (secondary N) is 2. The number of ether oxygens (including phenoxy) is 3. The van der Waals surface area contributed by atoms with E-state index >= 15 is 0 Å². The van der Waals surface area contributed by atoms with Crippen molar-refractivity contribution in [3.05, 3.63) is 23.3 Å². The zero-order valence-corrected chi connectivity index (χ0v) is 29.3. The van der Waals surface area contributed by atoms with Crippen LogP contribution in [0, 0.1) is 11.3 Å². The summed E-state index contributed by atoms with van der Waals surface area (Å²) in [6.45, 7) is 35.8. The van der Waals surface area contributed by atoms with Crippen molar-refractivity contribution < 1.29 is 14.2 Å². The van der Waals surface area contributed by atoms with Crippen LogP contribution in [0.3, 0.4) is 0 Å². The molecular formula is C34H71N3O3. The molecule has 4 aliphatic rings. The average Bonchev–Trinajstić information content (AvgIpc) is 3.70. The summed E-state index contributed by atoms with van der Waals surface area (Å²) in [6, 6.07) is 1.16. The van der Waals surface area contributed by atoms with Crippen LogP contribution in [0.2, 0.25) is 0 Å². The van der Waals surface area contributed by atoms with Crippen molar-refractivity contribution in [2.75, 3.05) is 66.3 Å². The Labute approximate surface area is 251 Å². The molecule has 4 aliphatic heterocycles. The second kappa shape index (κ2) is 23.8. The van der Waals surface area contributed by atoms with Crippen LogP contribution in [0.25, 0.3) is 0 Å². The van der Waals surface area contributed by atoms with Gasteiger partial charge in [0.15, 0.2) is 0 Å². The van der Waals surface area contributed by atoms with E-state index in [0.717, 1.165) is 52.7 Å². The van der Waals surface area contributed by atoms with Crippen molar-refractivity contribution in [3.8, 4) is 0 Å². The molecule has 2 atom stereocenters.